The highest BCUT2D eigenvalue weighted by Gasteiger charge is 2.13. The fourth-order valence-corrected chi connectivity index (χ4v) is 1.42. The minimum absolute atomic E-state index is 0.228. The third-order valence-electron chi connectivity index (χ3n) is 2.20. The van der Waals surface area contributed by atoms with Gasteiger partial charge in [0.1, 0.15) is 6.79 Å². The number of nitrogens with one attached hydrogen (secondary N) is 1. The zero-order valence-corrected chi connectivity index (χ0v) is 8.73. The van der Waals surface area contributed by atoms with Crippen molar-refractivity contribution in [2.75, 3.05) is 19.9 Å². The van der Waals surface area contributed by atoms with Crippen LogP contribution in [0, 0.1) is 6.92 Å². The number of hydrogen-bond donors (Lipinski definition) is 1. The third-order valence-corrected chi connectivity index (χ3v) is 2.20. The molecule has 1 unspecified atom stereocenters. The van der Waals surface area contributed by atoms with E-state index >= 15 is 0 Å². The number of ether oxygens (including phenoxy) is 2. The van der Waals surface area contributed by atoms with Crippen LogP contribution >= 0.6 is 0 Å². The molecule has 1 atom stereocenters. The zero-order chi connectivity index (χ0) is 10.5. The number of hydrogen-bond acceptors (Lipinski definition) is 6. The highest BCUT2D eigenvalue weighted by molar-refractivity contribution is 4.83. The Morgan fingerprint density at radius 2 is 2.47 bits per heavy atom. The summed E-state index contributed by atoms with van der Waals surface area (Å²) in [5.74, 6) is 1.27. The van der Waals surface area contributed by atoms with Gasteiger partial charge in [0.05, 0.1) is 19.3 Å². The minimum Gasteiger partial charge on any atom is -0.355 e. The van der Waals surface area contributed by atoms with Crippen LogP contribution in [0.5, 0.6) is 0 Å². The molecule has 0 bridgehead atoms. The number of nitrogens with zero attached hydrogens (tertiary/aromatic N) is 2. The summed E-state index contributed by atoms with van der Waals surface area (Å²) < 4.78 is 15.3. The van der Waals surface area contributed by atoms with Gasteiger partial charge in [0.15, 0.2) is 5.82 Å². The lowest BCUT2D eigenvalue weighted by Crippen LogP contribution is -2.33. The molecule has 0 radical (unpaired) electrons. The molecule has 0 spiro atoms. The summed E-state index contributed by atoms with van der Waals surface area (Å²) >= 11 is 0. The Labute approximate surface area is 87.9 Å². The summed E-state index contributed by atoms with van der Waals surface area (Å²) in [4.78, 5) is 4.09. The van der Waals surface area contributed by atoms with Crippen LogP contribution in [0.4, 0.5) is 0 Å². The third kappa shape index (κ3) is 3.26. The second-order valence-corrected chi connectivity index (χ2v) is 3.46. The topological polar surface area (TPSA) is 69.4 Å². The van der Waals surface area contributed by atoms with Crippen molar-refractivity contribution in [3.63, 3.8) is 0 Å². The number of rotatable bonds is 4. The molecule has 1 fully saturated rings. The Morgan fingerprint density at radius 1 is 1.53 bits per heavy atom. The van der Waals surface area contributed by atoms with Gasteiger partial charge >= 0.3 is 0 Å². The van der Waals surface area contributed by atoms with Gasteiger partial charge in [-0.3, -0.25) is 0 Å². The van der Waals surface area contributed by atoms with Crippen LogP contribution in [0.25, 0.3) is 0 Å². The zero-order valence-electron chi connectivity index (χ0n) is 8.73. The largest absolute Gasteiger partial charge is 0.355 e. The van der Waals surface area contributed by atoms with Crippen LogP contribution in [0.15, 0.2) is 4.52 Å². The summed E-state index contributed by atoms with van der Waals surface area (Å²) in [6.07, 6.45) is 1.16. The second-order valence-electron chi connectivity index (χ2n) is 3.46. The summed E-state index contributed by atoms with van der Waals surface area (Å²) in [6, 6.07) is 0. The quantitative estimate of drug-likeness (QED) is 0.772. The molecular weight excluding hydrogens is 198 g/mol. The average molecular weight is 213 g/mol. The van der Waals surface area contributed by atoms with Gasteiger partial charge in [-0.1, -0.05) is 5.16 Å². The summed E-state index contributed by atoms with van der Waals surface area (Å²) in [7, 11) is 0. The Morgan fingerprint density at radius 3 is 3.13 bits per heavy atom. The summed E-state index contributed by atoms with van der Waals surface area (Å²) in [5.41, 5.74) is 0. The predicted octanol–water partition coefficient (Wildman–Crippen LogP) is 0.231. The maximum atomic E-state index is 5.37. The molecule has 1 N–H and O–H groups in total. The van der Waals surface area contributed by atoms with E-state index in [-0.39, 0.29) is 6.10 Å². The summed E-state index contributed by atoms with van der Waals surface area (Å²) in [5, 5.41) is 7.00. The van der Waals surface area contributed by atoms with E-state index in [1.807, 2.05) is 0 Å². The van der Waals surface area contributed by atoms with Crippen LogP contribution < -0.4 is 5.32 Å². The van der Waals surface area contributed by atoms with E-state index in [1.165, 1.54) is 0 Å². The first-order valence-corrected chi connectivity index (χ1v) is 5.04. The highest BCUT2D eigenvalue weighted by atomic mass is 16.7. The van der Waals surface area contributed by atoms with Crippen molar-refractivity contribution in [1.82, 2.24) is 15.5 Å². The van der Waals surface area contributed by atoms with Crippen molar-refractivity contribution < 1.29 is 14.0 Å². The Hall–Kier alpha value is -0.980. The molecule has 6 nitrogen and oxygen atoms in total. The van der Waals surface area contributed by atoms with Crippen molar-refractivity contribution in [2.45, 2.75) is 26.0 Å². The molecule has 2 heterocycles. The molecule has 84 valence electrons. The molecule has 0 saturated carbocycles. The van der Waals surface area contributed by atoms with Gasteiger partial charge in [0.25, 0.3) is 0 Å². The molecule has 1 saturated heterocycles. The van der Waals surface area contributed by atoms with Crippen molar-refractivity contribution >= 4 is 0 Å². The molecule has 6 heteroatoms. The first kappa shape index (κ1) is 10.5. The Bertz CT molecular complexity index is 297. The van der Waals surface area contributed by atoms with Gasteiger partial charge in [-0.05, 0) is 6.42 Å². The molecule has 0 aromatic carbocycles. The van der Waals surface area contributed by atoms with Crippen LogP contribution in [0.2, 0.25) is 0 Å². The standard InChI is InChI=1S/C9H15N3O3/c1-7-11-9(12-15-7)5-10-4-8-2-3-13-6-14-8/h8,10H,2-6H2,1H3. The highest BCUT2D eigenvalue weighted by Crippen LogP contribution is 2.04. The van der Waals surface area contributed by atoms with Crippen molar-refractivity contribution in [1.29, 1.82) is 0 Å². The second kappa shape index (κ2) is 5.20. The Balaban J connectivity index is 1.65. The average Bonchev–Trinajstić information content (AvgIpc) is 2.66. The first-order valence-electron chi connectivity index (χ1n) is 5.04. The maximum Gasteiger partial charge on any atom is 0.223 e. The van der Waals surface area contributed by atoms with E-state index < -0.39 is 0 Å². The van der Waals surface area contributed by atoms with Crippen LogP contribution in [0.1, 0.15) is 18.1 Å². The van der Waals surface area contributed by atoms with E-state index in [4.69, 9.17) is 14.0 Å². The van der Waals surface area contributed by atoms with E-state index in [1.54, 1.807) is 6.92 Å². The van der Waals surface area contributed by atoms with E-state index in [9.17, 15) is 0 Å². The van der Waals surface area contributed by atoms with Gasteiger partial charge in [0, 0.05) is 13.5 Å². The van der Waals surface area contributed by atoms with Gasteiger partial charge in [-0.25, -0.2) is 0 Å². The van der Waals surface area contributed by atoms with Crippen molar-refractivity contribution in [2.24, 2.45) is 0 Å². The lowest BCUT2D eigenvalue weighted by molar-refractivity contribution is -0.137. The van der Waals surface area contributed by atoms with Gasteiger partial charge in [-0.15, -0.1) is 0 Å². The molecule has 15 heavy (non-hydrogen) atoms. The van der Waals surface area contributed by atoms with Crippen molar-refractivity contribution in [3.05, 3.63) is 11.7 Å². The monoisotopic (exact) mass is 213 g/mol. The molecule has 2 rings (SSSR count). The number of aryl methyl sites for hydroxylation is 1. The smallest absolute Gasteiger partial charge is 0.223 e. The van der Waals surface area contributed by atoms with E-state index in [0.29, 0.717) is 25.1 Å². The fourth-order valence-electron chi connectivity index (χ4n) is 1.42. The number of aromatic nitrogens is 2. The Kier molecular flexibility index (Phi) is 3.65. The molecule has 1 aliphatic rings. The maximum absolute atomic E-state index is 5.37. The summed E-state index contributed by atoms with van der Waals surface area (Å²) in [6.45, 7) is 4.34. The first-order chi connectivity index (χ1) is 7.34. The lowest BCUT2D eigenvalue weighted by Gasteiger charge is -2.22. The molecule has 1 aliphatic heterocycles. The minimum atomic E-state index is 0.228. The molecule has 1 aromatic rings. The van der Waals surface area contributed by atoms with E-state index in [2.05, 4.69) is 15.5 Å². The fraction of sp³-hybridized carbons (Fsp3) is 0.778. The van der Waals surface area contributed by atoms with Crippen LogP contribution in [-0.2, 0) is 16.0 Å². The van der Waals surface area contributed by atoms with Gasteiger partial charge in [-0.2, -0.15) is 4.98 Å². The molecular formula is C9H15N3O3. The van der Waals surface area contributed by atoms with Crippen LogP contribution in [0.3, 0.4) is 0 Å². The van der Waals surface area contributed by atoms with Crippen LogP contribution in [-0.4, -0.2) is 36.2 Å². The lowest BCUT2D eigenvalue weighted by atomic mass is 10.2. The predicted molar refractivity (Wildman–Crippen MR) is 51.1 cm³/mol. The SMILES string of the molecule is Cc1nc(CNCC2CCOCO2)no1. The molecule has 0 aliphatic carbocycles. The van der Waals surface area contributed by atoms with E-state index in [0.717, 1.165) is 19.6 Å². The molecule has 1 aromatic heterocycles. The van der Waals surface area contributed by atoms with Gasteiger partial charge in [0.2, 0.25) is 5.89 Å². The van der Waals surface area contributed by atoms with Crippen molar-refractivity contribution in [3.8, 4) is 0 Å². The molecule has 0 amide bonds. The van der Waals surface area contributed by atoms with Gasteiger partial charge < -0.3 is 19.3 Å². The normalized spacial score (nSPS) is 21.8.